The summed E-state index contributed by atoms with van der Waals surface area (Å²) in [5.74, 6) is -0.146. The van der Waals surface area contributed by atoms with Gasteiger partial charge in [-0.05, 0) is 30.5 Å². The number of likely N-dealkylation sites (tertiary alicyclic amines) is 1. The van der Waals surface area contributed by atoms with Gasteiger partial charge < -0.3 is 4.90 Å². The highest BCUT2D eigenvalue weighted by Crippen LogP contribution is 2.33. The molecule has 0 N–H and O–H groups in total. The topological polar surface area (TPSA) is 46.1 Å². The molecule has 21 heavy (non-hydrogen) atoms. The molecule has 1 atom stereocenters. The van der Waals surface area contributed by atoms with Gasteiger partial charge in [-0.1, -0.05) is 35.3 Å². The van der Waals surface area contributed by atoms with Crippen molar-refractivity contribution >= 4 is 29.1 Å². The van der Waals surface area contributed by atoms with Gasteiger partial charge in [0.05, 0.1) is 18.4 Å². The first-order chi connectivity index (χ1) is 10.1. The molecule has 0 aliphatic carbocycles. The van der Waals surface area contributed by atoms with Crippen LogP contribution in [0.15, 0.2) is 36.7 Å². The summed E-state index contributed by atoms with van der Waals surface area (Å²) in [7, 11) is 0. The molecule has 2 aromatic rings. The minimum Gasteiger partial charge on any atom is -0.330 e. The Morgan fingerprint density at radius 3 is 2.90 bits per heavy atom. The van der Waals surface area contributed by atoms with Crippen LogP contribution in [-0.4, -0.2) is 27.3 Å². The number of hydrogen-bond donors (Lipinski definition) is 0. The smallest absolute Gasteiger partial charge is 0.274 e. The van der Waals surface area contributed by atoms with Gasteiger partial charge in [0.25, 0.3) is 5.91 Å². The van der Waals surface area contributed by atoms with Crippen LogP contribution in [0.25, 0.3) is 0 Å². The average molecular weight is 322 g/mol. The molecule has 1 unspecified atom stereocenters. The molecule has 1 saturated heterocycles. The maximum atomic E-state index is 12.6. The quantitative estimate of drug-likeness (QED) is 0.846. The van der Waals surface area contributed by atoms with Gasteiger partial charge in [-0.2, -0.15) is 0 Å². The molecule has 1 fully saturated rings. The second-order valence-corrected chi connectivity index (χ2v) is 5.76. The van der Waals surface area contributed by atoms with Crippen LogP contribution in [0.4, 0.5) is 0 Å². The third-order valence-electron chi connectivity index (χ3n) is 3.57. The molecule has 0 radical (unpaired) electrons. The minimum atomic E-state index is -0.146. The second-order valence-electron chi connectivity index (χ2n) is 4.94. The first-order valence-electron chi connectivity index (χ1n) is 6.69. The average Bonchev–Trinajstić information content (AvgIpc) is 2.96. The SMILES string of the molecule is O=C(c1cncc(Cl)n1)N1CCCC1c1cccc(Cl)c1. The second kappa shape index (κ2) is 6.00. The molecule has 0 saturated carbocycles. The summed E-state index contributed by atoms with van der Waals surface area (Å²) >= 11 is 11.9. The number of nitrogens with zero attached hydrogens (tertiary/aromatic N) is 3. The lowest BCUT2D eigenvalue weighted by atomic mass is 10.0. The molecular formula is C15H13Cl2N3O. The monoisotopic (exact) mass is 321 g/mol. The highest BCUT2D eigenvalue weighted by molar-refractivity contribution is 6.30. The van der Waals surface area contributed by atoms with Crippen LogP contribution in [0.2, 0.25) is 10.2 Å². The van der Waals surface area contributed by atoms with Crippen molar-refractivity contribution in [3.63, 3.8) is 0 Å². The van der Waals surface area contributed by atoms with Gasteiger partial charge in [-0.15, -0.1) is 0 Å². The van der Waals surface area contributed by atoms with Crippen molar-refractivity contribution in [3.05, 3.63) is 58.1 Å². The first-order valence-corrected chi connectivity index (χ1v) is 7.45. The summed E-state index contributed by atoms with van der Waals surface area (Å²) in [6, 6.07) is 7.65. The van der Waals surface area contributed by atoms with Crippen molar-refractivity contribution in [1.82, 2.24) is 14.9 Å². The molecule has 1 aromatic heterocycles. The third kappa shape index (κ3) is 3.01. The van der Waals surface area contributed by atoms with Crippen LogP contribution in [-0.2, 0) is 0 Å². The van der Waals surface area contributed by atoms with Gasteiger partial charge in [-0.25, -0.2) is 4.98 Å². The van der Waals surface area contributed by atoms with Crippen LogP contribution in [0.1, 0.15) is 34.9 Å². The standard InChI is InChI=1S/C15H13Cl2N3O/c16-11-4-1-3-10(7-11)13-5-2-6-20(13)15(21)12-8-18-9-14(17)19-12/h1,3-4,7-9,13H,2,5-6H2. The largest absolute Gasteiger partial charge is 0.330 e. The van der Waals surface area contributed by atoms with E-state index in [0.717, 1.165) is 18.4 Å². The Kier molecular flexibility index (Phi) is 4.08. The molecule has 1 aliphatic heterocycles. The summed E-state index contributed by atoms with van der Waals surface area (Å²) < 4.78 is 0. The number of aromatic nitrogens is 2. The number of amides is 1. The van der Waals surface area contributed by atoms with E-state index >= 15 is 0 Å². The van der Waals surface area contributed by atoms with Crippen molar-refractivity contribution in [2.75, 3.05) is 6.54 Å². The number of hydrogen-bond acceptors (Lipinski definition) is 3. The Morgan fingerprint density at radius 1 is 1.29 bits per heavy atom. The summed E-state index contributed by atoms with van der Waals surface area (Å²) in [6.07, 6.45) is 4.73. The number of carbonyl (C=O) groups is 1. The molecule has 6 heteroatoms. The van der Waals surface area contributed by atoms with Crippen LogP contribution in [0.5, 0.6) is 0 Å². The van der Waals surface area contributed by atoms with Gasteiger partial charge in [-0.3, -0.25) is 9.78 Å². The number of benzene rings is 1. The van der Waals surface area contributed by atoms with E-state index in [1.807, 2.05) is 29.2 Å². The fraction of sp³-hybridized carbons (Fsp3) is 0.267. The fourth-order valence-corrected chi connectivity index (χ4v) is 3.01. The molecule has 1 amide bonds. The van der Waals surface area contributed by atoms with Crippen molar-refractivity contribution in [3.8, 4) is 0 Å². The van der Waals surface area contributed by atoms with Gasteiger partial charge in [0, 0.05) is 11.6 Å². The maximum Gasteiger partial charge on any atom is 0.274 e. The van der Waals surface area contributed by atoms with Crippen molar-refractivity contribution in [2.24, 2.45) is 0 Å². The molecule has 2 heterocycles. The summed E-state index contributed by atoms with van der Waals surface area (Å²) in [5, 5.41) is 0.897. The van der Waals surface area contributed by atoms with Gasteiger partial charge in [0.1, 0.15) is 10.8 Å². The third-order valence-corrected chi connectivity index (χ3v) is 3.99. The van der Waals surface area contributed by atoms with Crippen LogP contribution in [0.3, 0.4) is 0 Å². The van der Waals surface area contributed by atoms with E-state index in [0.29, 0.717) is 11.6 Å². The zero-order valence-corrected chi connectivity index (χ0v) is 12.7. The molecule has 1 aliphatic rings. The Labute approximate surface area is 132 Å². The number of carbonyl (C=O) groups excluding carboxylic acids is 1. The van der Waals surface area contributed by atoms with Crippen LogP contribution in [0, 0.1) is 0 Å². The van der Waals surface area contributed by atoms with E-state index in [-0.39, 0.29) is 22.8 Å². The van der Waals surface area contributed by atoms with E-state index < -0.39 is 0 Å². The zero-order chi connectivity index (χ0) is 14.8. The van der Waals surface area contributed by atoms with Crippen LogP contribution >= 0.6 is 23.2 Å². The lowest BCUT2D eigenvalue weighted by Crippen LogP contribution is -2.31. The Morgan fingerprint density at radius 2 is 2.14 bits per heavy atom. The number of rotatable bonds is 2. The van der Waals surface area contributed by atoms with E-state index in [4.69, 9.17) is 23.2 Å². The molecule has 1 aromatic carbocycles. The van der Waals surface area contributed by atoms with Crippen molar-refractivity contribution in [1.29, 1.82) is 0 Å². The zero-order valence-electron chi connectivity index (χ0n) is 11.2. The summed E-state index contributed by atoms with van der Waals surface area (Å²) in [4.78, 5) is 22.4. The van der Waals surface area contributed by atoms with Gasteiger partial charge in [0.15, 0.2) is 0 Å². The highest BCUT2D eigenvalue weighted by Gasteiger charge is 2.31. The Balaban J connectivity index is 1.89. The van der Waals surface area contributed by atoms with Crippen molar-refractivity contribution < 1.29 is 4.79 Å². The molecule has 0 spiro atoms. The normalized spacial score (nSPS) is 18.0. The molecule has 108 valence electrons. The molecule has 4 nitrogen and oxygen atoms in total. The van der Waals surface area contributed by atoms with Gasteiger partial charge >= 0.3 is 0 Å². The maximum absolute atomic E-state index is 12.6. The molecule has 3 rings (SSSR count). The lowest BCUT2D eigenvalue weighted by molar-refractivity contribution is 0.0729. The van der Waals surface area contributed by atoms with Crippen molar-refractivity contribution in [2.45, 2.75) is 18.9 Å². The predicted octanol–water partition coefficient (Wildman–Crippen LogP) is 3.76. The predicted molar refractivity (Wildman–Crippen MR) is 81.5 cm³/mol. The van der Waals surface area contributed by atoms with E-state index in [9.17, 15) is 4.79 Å². The van der Waals surface area contributed by atoms with E-state index in [2.05, 4.69) is 9.97 Å². The van der Waals surface area contributed by atoms with Crippen LogP contribution < -0.4 is 0 Å². The lowest BCUT2D eigenvalue weighted by Gasteiger charge is -2.24. The molecular weight excluding hydrogens is 309 g/mol. The Bertz CT molecular complexity index is 677. The minimum absolute atomic E-state index is 0.0250. The fourth-order valence-electron chi connectivity index (χ4n) is 2.66. The van der Waals surface area contributed by atoms with E-state index in [1.54, 1.807) is 0 Å². The summed E-state index contributed by atoms with van der Waals surface area (Å²) in [5.41, 5.74) is 1.32. The van der Waals surface area contributed by atoms with E-state index in [1.165, 1.54) is 12.4 Å². The Hall–Kier alpha value is -1.65. The first kappa shape index (κ1) is 14.3. The highest BCUT2D eigenvalue weighted by atomic mass is 35.5. The van der Waals surface area contributed by atoms with Gasteiger partial charge in [0.2, 0.25) is 0 Å². The molecule has 0 bridgehead atoms. The summed E-state index contributed by atoms with van der Waals surface area (Å²) in [6.45, 7) is 0.699. The number of halogens is 2.